The number of anilines is 1. The van der Waals surface area contributed by atoms with E-state index in [1.807, 2.05) is 31.2 Å². The summed E-state index contributed by atoms with van der Waals surface area (Å²) in [6.07, 6.45) is 0. The molecule has 0 spiro atoms. The lowest BCUT2D eigenvalue weighted by molar-refractivity contribution is 0.208. The minimum Gasteiger partial charge on any atom is -0.383 e. The summed E-state index contributed by atoms with van der Waals surface area (Å²) in [5, 5.41) is 3.00. The van der Waals surface area contributed by atoms with Crippen LogP contribution in [0, 0.1) is 6.92 Å². The van der Waals surface area contributed by atoms with Gasteiger partial charge in [0.25, 0.3) is 0 Å². The third kappa shape index (κ3) is 5.92. The fourth-order valence-electron chi connectivity index (χ4n) is 1.08. The summed E-state index contributed by atoms with van der Waals surface area (Å²) in [6.45, 7) is 3.19. The molecule has 90 valence electrons. The monoisotopic (exact) mass is 335 g/mol. The summed E-state index contributed by atoms with van der Waals surface area (Å²) < 4.78 is 4.87. The van der Waals surface area contributed by atoms with Crippen LogP contribution in [0.3, 0.4) is 0 Å². The highest BCUT2D eigenvalue weighted by molar-refractivity contribution is 14.0. The van der Waals surface area contributed by atoms with Gasteiger partial charge in [0.05, 0.1) is 13.2 Å². The van der Waals surface area contributed by atoms with Gasteiger partial charge in [0.1, 0.15) is 0 Å². The molecule has 0 aliphatic rings. The average Bonchev–Trinajstić information content (AvgIpc) is 2.22. The number of halogens is 1. The van der Waals surface area contributed by atoms with E-state index in [1.165, 1.54) is 5.56 Å². The van der Waals surface area contributed by atoms with Gasteiger partial charge in [0.2, 0.25) is 0 Å². The molecule has 0 aromatic heterocycles. The Balaban J connectivity index is 0.00000225. The van der Waals surface area contributed by atoms with Gasteiger partial charge in [-0.3, -0.25) is 4.99 Å². The molecular weight excluding hydrogens is 317 g/mol. The fourth-order valence-corrected chi connectivity index (χ4v) is 1.08. The van der Waals surface area contributed by atoms with E-state index in [2.05, 4.69) is 10.3 Å². The Morgan fingerprint density at radius 2 is 2.00 bits per heavy atom. The number of aryl methyl sites for hydroxylation is 1. The highest BCUT2D eigenvalue weighted by Gasteiger charge is 1.93. The van der Waals surface area contributed by atoms with Crippen LogP contribution < -0.4 is 11.1 Å². The summed E-state index contributed by atoms with van der Waals surface area (Å²) in [6, 6.07) is 7.97. The van der Waals surface area contributed by atoms with E-state index < -0.39 is 0 Å². The van der Waals surface area contributed by atoms with E-state index in [0.717, 1.165) is 5.69 Å². The minimum atomic E-state index is 0. The molecule has 0 bridgehead atoms. The summed E-state index contributed by atoms with van der Waals surface area (Å²) >= 11 is 0. The summed E-state index contributed by atoms with van der Waals surface area (Å²) in [5.74, 6) is 0.413. The number of nitrogens with zero attached hydrogens (tertiary/aromatic N) is 1. The van der Waals surface area contributed by atoms with Crippen LogP contribution in [0.25, 0.3) is 0 Å². The number of benzene rings is 1. The molecule has 0 saturated carbocycles. The molecule has 16 heavy (non-hydrogen) atoms. The smallest absolute Gasteiger partial charge is 0.193 e. The Labute approximate surface area is 113 Å². The van der Waals surface area contributed by atoms with Crippen molar-refractivity contribution in [1.29, 1.82) is 0 Å². The van der Waals surface area contributed by atoms with Crippen LogP contribution in [0.4, 0.5) is 5.69 Å². The van der Waals surface area contributed by atoms with Crippen molar-refractivity contribution in [3.63, 3.8) is 0 Å². The van der Waals surface area contributed by atoms with Gasteiger partial charge < -0.3 is 15.8 Å². The molecule has 3 N–H and O–H groups in total. The third-order valence-corrected chi connectivity index (χ3v) is 1.90. The van der Waals surface area contributed by atoms with E-state index in [0.29, 0.717) is 19.1 Å². The Hall–Kier alpha value is -0.820. The lowest BCUT2D eigenvalue weighted by Gasteiger charge is -2.05. The van der Waals surface area contributed by atoms with Crippen molar-refractivity contribution >= 4 is 35.6 Å². The Bertz CT molecular complexity index is 325. The molecule has 0 amide bonds. The molecular formula is C11H18IN3O. The van der Waals surface area contributed by atoms with Gasteiger partial charge in [-0.05, 0) is 19.1 Å². The highest BCUT2D eigenvalue weighted by Crippen LogP contribution is 2.07. The van der Waals surface area contributed by atoms with E-state index in [9.17, 15) is 0 Å². The maximum atomic E-state index is 5.67. The number of nitrogens with two attached hydrogens (primary N) is 1. The molecule has 0 aliphatic carbocycles. The molecule has 0 saturated heterocycles. The van der Waals surface area contributed by atoms with Crippen LogP contribution in [0.1, 0.15) is 5.56 Å². The van der Waals surface area contributed by atoms with Crippen molar-refractivity contribution in [3.8, 4) is 0 Å². The molecule has 0 unspecified atom stereocenters. The van der Waals surface area contributed by atoms with Crippen LogP contribution in [-0.4, -0.2) is 26.2 Å². The normalized spacial score (nSPS) is 10.8. The second kappa shape index (κ2) is 8.35. The number of hydrogen-bond donors (Lipinski definition) is 2. The zero-order valence-corrected chi connectivity index (χ0v) is 11.9. The van der Waals surface area contributed by atoms with Crippen molar-refractivity contribution < 1.29 is 4.74 Å². The fraction of sp³-hybridized carbons (Fsp3) is 0.364. The summed E-state index contributed by atoms with van der Waals surface area (Å²) in [5.41, 5.74) is 7.83. The molecule has 4 nitrogen and oxygen atoms in total. The number of methoxy groups -OCH3 is 1. The van der Waals surface area contributed by atoms with E-state index in [-0.39, 0.29) is 24.0 Å². The number of ether oxygens (including phenoxy) is 1. The molecule has 1 aromatic carbocycles. The van der Waals surface area contributed by atoms with Crippen LogP contribution in [0.5, 0.6) is 0 Å². The topological polar surface area (TPSA) is 59.6 Å². The molecule has 0 fully saturated rings. The first kappa shape index (κ1) is 15.2. The maximum absolute atomic E-state index is 5.67. The lowest BCUT2D eigenvalue weighted by Crippen LogP contribution is -2.23. The van der Waals surface area contributed by atoms with Gasteiger partial charge in [-0.25, -0.2) is 0 Å². The lowest BCUT2D eigenvalue weighted by atomic mass is 10.2. The van der Waals surface area contributed by atoms with Crippen LogP contribution in [-0.2, 0) is 4.74 Å². The summed E-state index contributed by atoms with van der Waals surface area (Å²) in [7, 11) is 1.64. The van der Waals surface area contributed by atoms with E-state index in [4.69, 9.17) is 10.5 Å². The van der Waals surface area contributed by atoms with E-state index in [1.54, 1.807) is 7.11 Å². The first-order valence-electron chi connectivity index (χ1n) is 4.85. The molecule has 0 aliphatic heterocycles. The van der Waals surface area contributed by atoms with Gasteiger partial charge in [0, 0.05) is 12.8 Å². The molecule has 0 radical (unpaired) electrons. The van der Waals surface area contributed by atoms with Gasteiger partial charge in [-0.2, -0.15) is 0 Å². The first-order valence-corrected chi connectivity index (χ1v) is 4.85. The van der Waals surface area contributed by atoms with Crippen molar-refractivity contribution in [3.05, 3.63) is 29.8 Å². The van der Waals surface area contributed by atoms with Gasteiger partial charge in [-0.1, -0.05) is 17.7 Å². The Kier molecular flexibility index (Phi) is 7.92. The molecule has 5 heteroatoms. The van der Waals surface area contributed by atoms with Gasteiger partial charge in [-0.15, -0.1) is 24.0 Å². The predicted octanol–water partition coefficient (Wildman–Crippen LogP) is 1.99. The molecule has 0 heterocycles. The van der Waals surface area contributed by atoms with Gasteiger partial charge >= 0.3 is 0 Å². The highest BCUT2D eigenvalue weighted by atomic mass is 127. The second-order valence-electron chi connectivity index (χ2n) is 3.25. The van der Waals surface area contributed by atoms with Crippen LogP contribution in [0.2, 0.25) is 0 Å². The van der Waals surface area contributed by atoms with E-state index >= 15 is 0 Å². The largest absolute Gasteiger partial charge is 0.383 e. The first-order chi connectivity index (χ1) is 7.22. The third-order valence-electron chi connectivity index (χ3n) is 1.90. The van der Waals surface area contributed by atoms with Crippen molar-refractivity contribution in [2.24, 2.45) is 10.7 Å². The number of hydrogen-bond acceptors (Lipinski definition) is 2. The van der Waals surface area contributed by atoms with Crippen LogP contribution >= 0.6 is 24.0 Å². The number of aliphatic imine (C=N–C) groups is 1. The van der Waals surface area contributed by atoms with Crippen molar-refractivity contribution in [2.45, 2.75) is 6.92 Å². The average molecular weight is 335 g/mol. The minimum absolute atomic E-state index is 0. The molecule has 1 rings (SSSR count). The second-order valence-corrected chi connectivity index (χ2v) is 3.25. The Morgan fingerprint density at radius 1 is 1.38 bits per heavy atom. The quantitative estimate of drug-likeness (QED) is 0.383. The van der Waals surface area contributed by atoms with Crippen LogP contribution in [0.15, 0.2) is 29.3 Å². The number of nitrogens with one attached hydrogen (secondary N) is 1. The number of rotatable bonds is 4. The van der Waals surface area contributed by atoms with Gasteiger partial charge in [0.15, 0.2) is 5.96 Å². The predicted molar refractivity (Wildman–Crippen MR) is 78.6 cm³/mol. The molecule has 1 aromatic rings. The maximum Gasteiger partial charge on any atom is 0.193 e. The number of guanidine groups is 1. The summed E-state index contributed by atoms with van der Waals surface area (Å²) in [4.78, 5) is 4.09. The molecule has 0 atom stereocenters. The zero-order valence-electron chi connectivity index (χ0n) is 9.56. The standard InChI is InChI=1S/C11H17N3O.HI/c1-9-3-5-10(6-4-9)14-11(12)13-7-8-15-2;/h3-6H,7-8H2,1-2H3,(H3,12,13,14);1H. The zero-order chi connectivity index (χ0) is 11.1. The Morgan fingerprint density at radius 3 is 2.56 bits per heavy atom. The van der Waals surface area contributed by atoms with Crippen molar-refractivity contribution in [2.75, 3.05) is 25.6 Å². The SMILES string of the molecule is COCCN=C(N)Nc1ccc(C)cc1.I. The van der Waals surface area contributed by atoms with Crippen molar-refractivity contribution in [1.82, 2.24) is 0 Å².